The molecule has 0 amide bonds. The van der Waals surface area contributed by atoms with Crippen LogP contribution in [-0.2, 0) is 11.3 Å². The Morgan fingerprint density at radius 2 is 2.33 bits per heavy atom. The minimum atomic E-state index is 0.483. The van der Waals surface area contributed by atoms with Crippen LogP contribution in [0.2, 0.25) is 0 Å². The molecule has 0 bridgehead atoms. The number of aromatic nitrogens is 3. The van der Waals surface area contributed by atoms with Gasteiger partial charge in [0.1, 0.15) is 6.33 Å². The van der Waals surface area contributed by atoms with Crippen molar-refractivity contribution >= 4 is 11.3 Å². The van der Waals surface area contributed by atoms with Crippen molar-refractivity contribution in [1.82, 2.24) is 14.6 Å². The third-order valence-electron chi connectivity index (χ3n) is 1.99. The smallest absolute Gasteiger partial charge is 0.178 e. The molecule has 0 fully saturated rings. The summed E-state index contributed by atoms with van der Waals surface area (Å²) in [5.41, 5.74) is 13.3. The topological polar surface area (TPSA) is 91.5 Å². The van der Waals surface area contributed by atoms with E-state index in [1.165, 1.54) is 6.33 Å². The van der Waals surface area contributed by atoms with E-state index in [9.17, 15) is 0 Å². The number of rotatable bonds is 4. The van der Waals surface area contributed by atoms with E-state index in [0.29, 0.717) is 31.1 Å². The zero-order valence-corrected chi connectivity index (χ0v) is 8.26. The minimum absolute atomic E-state index is 0.483. The summed E-state index contributed by atoms with van der Waals surface area (Å²) in [6.07, 6.45) is 3.31. The zero-order valence-electron chi connectivity index (χ0n) is 8.26. The summed E-state index contributed by atoms with van der Waals surface area (Å²) in [7, 11) is 0. The normalized spacial score (nSPS) is 11.0. The summed E-state index contributed by atoms with van der Waals surface area (Å²) < 4.78 is 6.94. The van der Waals surface area contributed by atoms with Crippen LogP contribution in [0, 0.1) is 0 Å². The van der Waals surface area contributed by atoms with Crippen molar-refractivity contribution < 1.29 is 4.74 Å². The fourth-order valence-corrected chi connectivity index (χ4v) is 1.36. The second-order valence-electron chi connectivity index (χ2n) is 3.17. The number of nitrogens with two attached hydrogens (primary N) is 2. The molecule has 80 valence electrons. The van der Waals surface area contributed by atoms with Crippen molar-refractivity contribution in [2.24, 2.45) is 5.73 Å². The average Bonchev–Trinajstić information content (AvgIpc) is 2.66. The maximum Gasteiger partial charge on any atom is 0.178 e. The lowest BCUT2D eigenvalue weighted by molar-refractivity contribution is 0.128. The molecular formula is C9H13N5O. The van der Waals surface area contributed by atoms with E-state index in [1.54, 1.807) is 4.52 Å². The Bertz CT molecular complexity index is 453. The molecule has 2 rings (SSSR count). The number of anilines is 1. The van der Waals surface area contributed by atoms with Gasteiger partial charge >= 0.3 is 0 Å². The van der Waals surface area contributed by atoms with Gasteiger partial charge in [0.25, 0.3) is 0 Å². The van der Waals surface area contributed by atoms with E-state index in [0.717, 1.165) is 5.56 Å². The Kier molecular flexibility index (Phi) is 2.79. The van der Waals surface area contributed by atoms with E-state index in [4.69, 9.17) is 16.2 Å². The molecule has 2 aromatic heterocycles. The molecule has 0 aromatic carbocycles. The van der Waals surface area contributed by atoms with Crippen molar-refractivity contribution in [3.05, 3.63) is 24.2 Å². The summed E-state index contributed by atoms with van der Waals surface area (Å²) in [5.74, 6) is 0. The summed E-state index contributed by atoms with van der Waals surface area (Å²) in [6.45, 7) is 1.54. The molecule has 0 saturated carbocycles. The van der Waals surface area contributed by atoms with Crippen LogP contribution in [0.1, 0.15) is 5.56 Å². The van der Waals surface area contributed by atoms with Crippen molar-refractivity contribution in [2.45, 2.75) is 6.61 Å². The molecule has 0 aliphatic rings. The lowest BCUT2D eigenvalue weighted by Gasteiger charge is -2.04. The minimum Gasteiger partial charge on any atom is -0.396 e. The number of fused-ring (bicyclic) bond motifs is 1. The lowest BCUT2D eigenvalue weighted by atomic mass is 10.3. The molecule has 0 aliphatic heterocycles. The van der Waals surface area contributed by atoms with Gasteiger partial charge in [0.15, 0.2) is 5.65 Å². The molecule has 2 heterocycles. The van der Waals surface area contributed by atoms with E-state index >= 15 is 0 Å². The third-order valence-corrected chi connectivity index (χ3v) is 1.99. The predicted molar refractivity (Wildman–Crippen MR) is 56.1 cm³/mol. The Labute approximate surface area is 86.8 Å². The Morgan fingerprint density at radius 3 is 3.13 bits per heavy atom. The quantitative estimate of drug-likeness (QED) is 0.677. The largest absolute Gasteiger partial charge is 0.396 e. The lowest BCUT2D eigenvalue weighted by Crippen LogP contribution is -2.08. The van der Waals surface area contributed by atoms with Gasteiger partial charge in [-0.25, -0.2) is 9.50 Å². The van der Waals surface area contributed by atoms with E-state index in [1.807, 2.05) is 12.3 Å². The first-order valence-electron chi connectivity index (χ1n) is 4.67. The second kappa shape index (κ2) is 4.24. The highest BCUT2D eigenvalue weighted by Gasteiger charge is 2.03. The van der Waals surface area contributed by atoms with Gasteiger partial charge in [-0.2, -0.15) is 5.10 Å². The second-order valence-corrected chi connectivity index (χ2v) is 3.17. The number of nitrogen functional groups attached to an aromatic ring is 1. The van der Waals surface area contributed by atoms with Crippen molar-refractivity contribution in [2.75, 3.05) is 18.9 Å². The van der Waals surface area contributed by atoms with Crippen LogP contribution in [0.15, 0.2) is 18.6 Å². The van der Waals surface area contributed by atoms with E-state index in [2.05, 4.69) is 10.1 Å². The first kappa shape index (κ1) is 9.88. The number of hydrogen-bond donors (Lipinski definition) is 2. The average molecular weight is 207 g/mol. The first-order valence-corrected chi connectivity index (χ1v) is 4.67. The van der Waals surface area contributed by atoms with Crippen LogP contribution in [0.4, 0.5) is 5.69 Å². The Hall–Kier alpha value is -1.66. The molecule has 0 spiro atoms. The summed E-state index contributed by atoms with van der Waals surface area (Å²) in [5, 5.41) is 4.01. The maximum absolute atomic E-state index is 5.80. The van der Waals surface area contributed by atoms with E-state index < -0.39 is 0 Å². The van der Waals surface area contributed by atoms with Gasteiger partial charge in [-0.1, -0.05) is 0 Å². The highest BCUT2D eigenvalue weighted by molar-refractivity contribution is 5.64. The summed E-state index contributed by atoms with van der Waals surface area (Å²) >= 11 is 0. The molecule has 0 aliphatic carbocycles. The summed E-state index contributed by atoms with van der Waals surface area (Å²) in [4.78, 5) is 4.02. The number of ether oxygens (including phenoxy) is 1. The number of pyridine rings is 1. The molecule has 2 aromatic rings. The van der Waals surface area contributed by atoms with Gasteiger partial charge in [0, 0.05) is 12.7 Å². The van der Waals surface area contributed by atoms with Crippen LogP contribution >= 0.6 is 0 Å². The fourth-order valence-electron chi connectivity index (χ4n) is 1.36. The highest BCUT2D eigenvalue weighted by Crippen LogP contribution is 2.13. The Morgan fingerprint density at radius 1 is 1.47 bits per heavy atom. The van der Waals surface area contributed by atoms with Gasteiger partial charge in [-0.05, 0) is 11.6 Å². The van der Waals surface area contributed by atoms with Crippen LogP contribution in [-0.4, -0.2) is 27.7 Å². The van der Waals surface area contributed by atoms with Gasteiger partial charge in [0.05, 0.1) is 18.9 Å². The van der Waals surface area contributed by atoms with E-state index in [-0.39, 0.29) is 0 Å². The molecule has 6 heteroatoms. The molecule has 15 heavy (non-hydrogen) atoms. The molecule has 0 saturated heterocycles. The SMILES string of the molecule is NCCOCc1cc(N)c2ncnn2c1. The monoisotopic (exact) mass is 207 g/mol. The predicted octanol–water partition coefficient (Wildman–Crippen LogP) is -0.213. The molecule has 6 nitrogen and oxygen atoms in total. The van der Waals surface area contributed by atoms with Crippen molar-refractivity contribution in [3.8, 4) is 0 Å². The van der Waals surface area contributed by atoms with Crippen LogP contribution < -0.4 is 11.5 Å². The fraction of sp³-hybridized carbons (Fsp3) is 0.333. The highest BCUT2D eigenvalue weighted by atomic mass is 16.5. The van der Waals surface area contributed by atoms with Crippen LogP contribution in [0.3, 0.4) is 0 Å². The number of hydrogen-bond acceptors (Lipinski definition) is 5. The van der Waals surface area contributed by atoms with Crippen molar-refractivity contribution in [1.29, 1.82) is 0 Å². The zero-order chi connectivity index (χ0) is 10.7. The molecule has 4 N–H and O–H groups in total. The maximum atomic E-state index is 5.80. The standard InChI is InChI=1S/C9H13N5O/c10-1-2-15-5-7-3-8(11)9-12-6-13-14(9)4-7/h3-4,6H,1-2,5,10-11H2. The molecule has 0 radical (unpaired) electrons. The van der Waals surface area contributed by atoms with Crippen molar-refractivity contribution in [3.63, 3.8) is 0 Å². The third kappa shape index (κ3) is 2.05. The molecular weight excluding hydrogens is 194 g/mol. The van der Waals surface area contributed by atoms with Gasteiger partial charge in [0.2, 0.25) is 0 Å². The molecule has 0 unspecified atom stereocenters. The summed E-state index contributed by atoms with van der Waals surface area (Å²) in [6, 6.07) is 1.83. The van der Waals surface area contributed by atoms with Gasteiger partial charge in [-0.3, -0.25) is 0 Å². The van der Waals surface area contributed by atoms with Gasteiger partial charge in [-0.15, -0.1) is 0 Å². The van der Waals surface area contributed by atoms with Crippen LogP contribution in [0.25, 0.3) is 5.65 Å². The number of nitrogens with zero attached hydrogens (tertiary/aromatic N) is 3. The molecule has 0 atom stereocenters. The van der Waals surface area contributed by atoms with Crippen LogP contribution in [0.5, 0.6) is 0 Å². The Balaban J connectivity index is 2.21. The first-order chi connectivity index (χ1) is 7.31. The van der Waals surface area contributed by atoms with Gasteiger partial charge < -0.3 is 16.2 Å².